The Balaban J connectivity index is 1.68. The van der Waals surface area contributed by atoms with Gasteiger partial charge in [0.15, 0.2) is 0 Å². The molecule has 1 aliphatic heterocycles. The third kappa shape index (κ3) is 3.44. The van der Waals surface area contributed by atoms with Crippen LogP contribution < -0.4 is 0 Å². The molecule has 2 heterocycles. The van der Waals surface area contributed by atoms with Crippen molar-refractivity contribution in [1.82, 2.24) is 4.90 Å². The predicted molar refractivity (Wildman–Crippen MR) is 124 cm³/mol. The number of amides is 1. The zero-order valence-electron chi connectivity index (χ0n) is 16.9. The number of carbonyl (C=O) groups excluding carboxylic acids is 2. The minimum Gasteiger partial charge on any atom is -0.508 e. The van der Waals surface area contributed by atoms with Crippen LogP contribution in [0.15, 0.2) is 89.8 Å². The van der Waals surface area contributed by atoms with Crippen LogP contribution in [0, 0.1) is 0 Å². The quantitative estimate of drug-likeness (QED) is 0.258. The molecule has 1 unspecified atom stereocenters. The van der Waals surface area contributed by atoms with Gasteiger partial charge in [0, 0.05) is 10.4 Å². The highest BCUT2D eigenvalue weighted by Crippen LogP contribution is 2.41. The molecule has 0 bridgehead atoms. The van der Waals surface area contributed by atoms with Crippen molar-refractivity contribution in [1.29, 1.82) is 0 Å². The number of fused-ring (bicyclic) bond motifs is 1. The van der Waals surface area contributed by atoms with Gasteiger partial charge in [-0.05, 0) is 46.0 Å². The maximum absolute atomic E-state index is 13.1. The minimum atomic E-state index is -0.810. The lowest BCUT2D eigenvalue weighted by Crippen LogP contribution is -2.28. The van der Waals surface area contributed by atoms with E-state index in [2.05, 4.69) is 0 Å². The number of hydrogen-bond donors (Lipinski definition) is 2. The first-order chi connectivity index (χ1) is 15.5. The number of benzene rings is 3. The lowest BCUT2D eigenvalue weighted by atomic mass is 9.94. The second-order valence-electron chi connectivity index (χ2n) is 7.66. The molecular formula is C26H19NO4S. The van der Waals surface area contributed by atoms with Crippen molar-refractivity contribution >= 4 is 39.6 Å². The number of aromatic hydroxyl groups is 1. The van der Waals surface area contributed by atoms with E-state index in [1.165, 1.54) is 28.4 Å². The fourth-order valence-electron chi connectivity index (χ4n) is 4.15. The van der Waals surface area contributed by atoms with Crippen molar-refractivity contribution in [3.05, 3.63) is 106 Å². The summed E-state index contributed by atoms with van der Waals surface area (Å²) < 4.78 is 0. The number of aliphatic hydroxyl groups is 1. The Kier molecular flexibility index (Phi) is 4.99. The number of ketones is 1. The molecule has 3 aromatic carbocycles. The lowest BCUT2D eigenvalue weighted by molar-refractivity contribution is -0.140. The molecule has 1 saturated heterocycles. The maximum Gasteiger partial charge on any atom is 0.295 e. The monoisotopic (exact) mass is 441 g/mol. The van der Waals surface area contributed by atoms with Gasteiger partial charge in [-0.25, -0.2) is 0 Å². The van der Waals surface area contributed by atoms with Crippen molar-refractivity contribution in [3.8, 4) is 5.75 Å². The van der Waals surface area contributed by atoms with E-state index in [1.54, 1.807) is 24.3 Å². The van der Waals surface area contributed by atoms with Crippen molar-refractivity contribution < 1.29 is 19.8 Å². The summed E-state index contributed by atoms with van der Waals surface area (Å²) in [7, 11) is 0. The van der Waals surface area contributed by atoms with E-state index in [4.69, 9.17) is 0 Å². The Morgan fingerprint density at radius 3 is 2.47 bits per heavy atom. The molecule has 0 aliphatic carbocycles. The zero-order chi connectivity index (χ0) is 22.2. The van der Waals surface area contributed by atoms with Gasteiger partial charge in [-0.15, -0.1) is 11.3 Å². The number of likely N-dealkylation sites (tertiary alicyclic amines) is 1. The third-order valence-corrected chi connectivity index (χ3v) is 6.52. The second kappa shape index (κ2) is 7.98. The summed E-state index contributed by atoms with van der Waals surface area (Å²) >= 11 is 1.49. The van der Waals surface area contributed by atoms with Crippen molar-refractivity contribution in [2.45, 2.75) is 12.6 Å². The first-order valence-electron chi connectivity index (χ1n) is 10.1. The molecule has 1 atom stereocenters. The summed E-state index contributed by atoms with van der Waals surface area (Å²) in [5.74, 6) is -1.61. The number of phenols is 1. The van der Waals surface area contributed by atoms with Gasteiger partial charge in [-0.2, -0.15) is 0 Å². The smallest absolute Gasteiger partial charge is 0.295 e. The molecule has 158 valence electrons. The number of nitrogens with zero attached hydrogens (tertiary/aromatic N) is 1. The number of thiophene rings is 1. The largest absolute Gasteiger partial charge is 0.508 e. The molecule has 1 amide bonds. The van der Waals surface area contributed by atoms with E-state index in [0.717, 1.165) is 15.6 Å². The molecule has 0 spiro atoms. The van der Waals surface area contributed by atoms with Gasteiger partial charge in [-0.3, -0.25) is 9.59 Å². The fourth-order valence-corrected chi connectivity index (χ4v) is 4.85. The Hall–Kier alpha value is -3.90. The summed E-state index contributed by atoms with van der Waals surface area (Å²) in [5, 5.41) is 25.1. The van der Waals surface area contributed by atoms with E-state index in [1.807, 2.05) is 47.8 Å². The number of phenolic OH excluding ortho intramolecular Hbond substituents is 1. The van der Waals surface area contributed by atoms with Gasteiger partial charge >= 0.3 is 0 Å². The normalized spacial score (nSPS) is 17.9. The van der Waals surface area contributed by atoms with Gasteiger partial charge in [0.1, 0.15) is 11.5 Å². The van der Waals surface area contributed by atoms with Crippen LogP contribution in [-0.2, 0) is 16.1 Å². The Morgan fingerprint density at radius 1 is 0.906 bits per heavy atom. The first-order valence-corrected chi connectivity index (χ1v) is 11.0. The SMILES string of the molecule is O=C1C(=O)N(Cc2cccs2)C(c2cccc(O)c2)/C1=C(/O)c1ccc2ccccc2c1. The molecule has 5 nitrogen and oxygen atoms in total. The molecule has 1 aromatic heterocycles. The van der Waals surface area contributed by atoms with Gasteiger partial charge in [0.25, 0.3) is 11.7 Å². The average Bonchev–Trinajstić information content (AvgIpc) is 3.41. The van der Waals surface area contributed by atoms with Crippen molar-refractivity contribution in [3.63, 3.8) is 0 Å². The van der Waals surface area contributed by atoms with Crippen LogP contribution in [0.25, 0.3) is 16.5 Å². The van der Waals surface area contributed by atoms with Gasteiger partial charge in [0.05, 0.1) is 18.2 Å². The lowest BCUT2D eigenvalue weighted by Gasteiger charge is -2.25. The summed E-state index contributed by atoms with van der Waals surface area (Å²) in [4.78, 5) is 28.5. The number of hydrogen-bond acceptors (Lipinski definition) is 5. The highest BCUT2D eigenvalue weighted by atomic mass is 32.1. The molecular weight excluding hydrogens is 422 g/mol. The van der Waals surface area contributed by atoms with Crippen LogP contribution >= 0.6 is 11.3 Å². The maximum atomic E-state index is 13.1. The molecule has 2 N–H and O–H groups in total. The third-order valence-electron chi connectivity index (χ3n) is 5.66. The van der Waals surface area contributed by atoms with Gasteiger partial charge < -0.3 is 15.1 Å². The molecule has 4 aromatic rings. The van der Waals surface area contributed by atoms with Crippen LogP contribution in [-0.4, -0.2) is 26.8 Å². The fraction of sp³-hybridized carbons (Fsp3) is 0.0769. The average molecular weight is 442 g/mol. The van der Waals surface area contributed by atoms with E-state index >= 15 is 0 Å². The Bertz CT molecular complexity index is 1370. The molecule has 0 radical (unpaired) electrons. The topological polar surface area (TPSA) is 77.8 Å². The first kappa shape index (κ1) is 20.0. The molecule has 5 rings (SSSR count). The summed E-state index contributed by atoms with van der Waals surface area (Å²) in [6, 6.07) is 22.5. The minimum absolute atomic E-state index is 0.0208. The summed E-state index contributed by atoms with van der Waals surface area (Å²) in [6.07, 6.45) is 0. The standard InChI is InChI=1S/C26H19NO4S/c28-20-8-3-7-18(14-20)23-22(25(30)26(31)27(23)15-21-9-4-12-32-21)24(29)19-11-10-16-5-1-2-6-17(16)13-19/h1-14,23,28-29H,15H2/b24-22-. The number of carbonyl (C=O) groups is 2. The number of rotatable bonds is 4. The molecule has 0 saturated carbocycles. The highest BCUT2D eigenvalue weighted by molar-refractivity contribution is 7.09. The summed E-state index contributed by atoms with van der Waals surface area (Å²) in [6.45, 7) is 0.233. The van der Waals surface area contributed by atoms with E-state index < -0.39 is 17.7 Å². The summed E-state index contributed by atoms with van der Waals surface area (Å²) in [5.41, 5.74) is 1.04. The molecule has 1 aliphatic rings. The predicted octanol–water partition coefficient (Wildman–Crippen LogP) is 5.23. The molecule has 6 heteroatoms. The number of aliphatic hydroxyl groups excluding tert-OH is 1. The van der Waals surface area contributed by atoms with E-state index in [-0.39, 0.29) is 23.6 Å². The molecule has 32 heavy (non-hydrogen) atoms. The van der Waals surface area contributed by atoms with Crippen LogP contribution in [0.5, 0.6) is 5.75 Å². The van der Waals surface area contributed by atoms with Crippen molar-refractivity contribution in [2.24, 2.45) is 0 Å². The Morgan fingerprint density at radius 2 is 1.72 bits per heavy atom. The highest BCUT2D eigenvalue weighted by Gasteiger charge is 2.46. The van der Waals surface area contributed by atoms with E-state index in [0.29, 0.717) is 11.1 Å². The van der Waals surface area contributed by atoms with Gasteiger partial charge in [-0.1, -0.05) is 54.6 Å². The van der Waals surface area contributed by atoms with Crippen LogP contribution in [0.1, 0.15) is 22.0 Å². The van der Waals surface area contributed by atoms with Crippen LogP contribution in [0.2, 0.25) is 0 Å². The van der Waals surface area contributed by atoms with Crippen molar-refractivity contribution in [2.75, 3.05) is 0 Å². The van der Waals surface area contributed by atoms with Crippen LogP contribution in [0.3, 0.4) is 0 Å². The van der Waals surface area contributed by atoms with E-state index in [9.17, 15) is 19.8 Å². The number of Topliss-reactive ketones (excluding diaryl/α,β-unsaturated/α-hetero) is 1. The Labute approximate surface area is 188 Å². The second-order valence-corrected chi connectivity index (χ2v) is 8.70. The van der Waals surface area contributed by atoms with Crippen LogP contribution in [0.4, 0.5) is 0 Å². The molecule has 1 fully saturated rings. The zero-order valence-corrected chi connectivity index (χ0v) is 17.8. The van der Waals surface area contributed by atoms with Gasteiger partial charge in [0.2, 0.25) is 0 Å².